The third-order valence-electron chi connectivity index (χ3n) is 9.65. The van der Waals surface area contributed by atoms with Crippen LogP contribution >= 0.6 is 0 Å². The minimum Gasteiger partial charge on any atom is -0.414 e. The minimum absolute atomic E-state index is 0.767. The smallest absolute Gasteiger partial charge is 0.192 e. The molecule has 0 aromatic rings. The molecule has 0 aliphatic rings. The molecule has 0 heterocycles. The first-order chi connectivity index (χ1) is 20.7. The van der Waals surface area contributed by atoms with Crippen molar-refractivity contribution < 1.29 is 9.16 Å². The van der Waals surface area contributed by atoms with Crippen molar-refractivity contribution in [2.24, 2.45) is 0 Å². The molecule has 0 fully saturated rings. The maximum atomic E-state index is 6.93. The fourth-order valence-corrected chi connectivity index (χ4v) is 11.1. The van der Waals surface area contributed by atoms with Crippen molar-refractivity contribution in [1.82, 2.24) is 0 Å². The van der Waals surface area contributed by atoms with Gasteiger partial charge in [0.15, 0.2) is 8.32 Å². The van der Waals surface area contributed by atoms with E-state index in [1.807, 2.05) is 7.11 Å². The summed E-state index contributed by atoms with van der Waals surface area (Å²) in [5.74, 6) is 0. The Hall–Kier alpha value is 0.137. The second-order valence-corrected chi connectivity index (χ2v) is 18.0. The van der Waals surface area contributed by atoms with Crippen LogP contribution in [0.4, 0.5) is 0 Å². The average Bonchev–Trinajstić information content (AvgIpc) is 3.00. The lowest BCUT2D eigenvalue weighted by Gasteiger charge is -2.32. The van der Waals surface area contributed by atoms with Gasteiger partial charge in [0.1, 0.15) is 0 Å². The van der Waals surface area contributed by atoms with E-state index in [2.05, 4.69) is 20.8 Å². The number of hydrogen-bond donors (Lipinski definition) is 0. The van der Waals surface area contributed by atoms with Gasteiger partial charge in [-0.2, -0.15) is 0 Å². The van der Waals surface area contributed by atoms with E-state index in [1.165, 1.54) is 211 Å². The molecule has 0 radical (unpaired) electrons. The third-order valence-corrected chi connectivity index (χ3v) is 14.3. The Kier molecular flexibility index (Phi) is 35.7. The van der Waals surface area contributed by atoms with Crippen LogP contribution in [0.3, 0.4) is 0 Å². The Morgan fingerprint density at radius 1 is 0.310 bits per heavy atom. The first-order valence-corrected chi connectivity index (χ1v) is 22.4. The van der Waals surface area contributed by atoms with Gasteiger partial charge in [0, 0.05) is 7.11 Å². The zero-order chi connectivity index (χ0) is 30.7. The van der Waals surface area contributed by atoms with Crippen LogP contribution in [0.1, 0.15) is 213 Å². The number of unbranched alkanes of at least 4 members (excludes halogenated alkanes) is 27. The van der Waals surface area contributed by atoms with E-state index in [0.29, 0.717) is 0 Å². The Balaban J connectivity index is 4.57. The maximum absolute atomic E-state index is 6.93. The average molecular weight is 611 g/mol. The molecule has 0 rings (SSSR count). The summed E-state index contributed by atoms with van der Waals surface area (Å²) in [6, 6.07) is 4.21. The van der Waals surface area contributed by atoms with E-state index in [1.54, 1.807) is 0 Å². The van der Waals surface area contributed by atoms with Crippen LogP contribution in [0.2, 0.25) is 18.1 Å². The molecular formula is C39H82O2Si. The van der Waals surface area contributed by atoms with Crippen molar-refractivity contribution in [1.29, 1.82) is 0 Å². The van der Waals surface area contributed by atoms with E-state index >= 15 is 0 Å². The first kappa shape index (κ1) is 42.1. The number of hydrogen-bond acceptors (Lipinski definition) is 2. The highest BCUT2D eigenvalue weighted by atomic mass is 28.4. The standard InChI is InChI=1S/C39H82O2Si/c1-5-8-11-14-17-20-23-26-29-32-37-42(41-36-35-40-4,38-33-30-27-24-21-18-15-12-9-6-2)39-34-31-28-25-22-19-16-13-10-7-3/h5-39H2,1-4H3. The molecule has 2 nitrogen and oxygen atoms in total. The van der Waals surface area contributed by atoms with Gasteiger partial charge in [-0.25, -0.2) is 0 Å². The van der Waals surface area contributed by atoms with Crippen molar-refractivity contribution >= 4 is 8.32 Å². The quantitative estimate of drug-likeness (QED) is 0.0514. The summed E-state index contributed by atoms with van der Waals surface area (Å²) in [6.45, 7) is 8.54. The summed E-state index contributed by atoms with van der Waals surface area (Å²) in [5, 5.41) is 0. The Bertz CT molecular complexity index is 423. The minimum atomic E-state index is -1.68. The van der Waals surface area contributed by atoms with Crippen LogP contribution in [-0.2, 0) is 9.16 Å². The molecule has 254 valence electrons. The van der Waals surface area contributed by atoms with Crippen molar-refractivity contribution in [3.63, 3.8) is 0 Å². The van der Waals surface area contributed by atoms with Crippen LogP contribution in [0, 0.1) is 0 Å². The van der Waals surface area contributed by atoms with Crippen LogP contribution < -0.4 is 0 Å². The highest BCUT2D eigenvalue weighted by Gasteiger charge is 2.33. The lowest BCUT2D eigenvalue weighted by molar-refractivity contribution is 0.140. The fourth-order valence-electron chi connectivity index (χ4n) is 6.74. The van der Waals surface area contributed by atoms with E-state index in [9.17, 15) is 0 Å². The van der Waals surface area contributed by atoms with Gasteiger partial charge in [-0.05, 0) is 18.1 Å². The molecule has 0 unspecified atom stereocenters. The molecule has 0 atom stereocenters. The summed E-state index contributed by atoms with van der Waals surface area (Å²) >= 11 is 0. The van der Waals surface area contributed by atoms with E-state index in [-0.39, 0.29) is 0 Å². The maximum Gasteiger partial charge on any atom is 0.192 e. The van der Waals surface area contributed by atoms with Crippen molar-refractivity contribution in [3.05, 3.63) is 0 Å². The highest BCUT2D eigenvalue weighted by molar-refractivity contribution is 6.73. The van der Waals surface area contributed by atoms with Crippen LogP contribution in [0.15, 0.2) is 0 Å². The molecule has 0 spiro atoms. The summed E-state index contributed by atoms with van der Waals surface area (Å²) in [6.07, 6.45) is 42.9. The van der Waals surface area contributed by atoms with Crippen LogP contribution in [0.25, 0.3) is 0 Å². The number of methoxy groups -OCH3 is 1. The number of rotatable bonds is 37. The van der Waals surface area contributed by atoms with Gasteiger partial charge < -0.3 is 9.16 Å². The molecule has 0 bridgehead atoms. The molecular weight excluding hydrogens is 529 g/mol. The van der Waals surface area contributed by atoms with Crippen LogP contribution in [0.5, 0.6) is 0 Å². The molecule has 3 heteroatoms. The summed E-state index contributed by atoms with van der Waals surface area (Å²) in [4.78, 5) is 0. The molecule has 0 aromatic heterocycles. The molecule has 0 aliphatic carbocycles. The molecule has 0 saturated carbocycles. The predicted octanol–water partition coefficient (Wildman–Crippen LogP) is 14.4. The SMILES string of the molecule is CCCCCCCCCCCC[Si](CCCCCCCCCCCC)(CCCCCCCCCCCC)OCCOC. The molecule has 0 aromatic carbocycles. The van der Waals surface area contributed by atoms with E-state index in [4.69, 9.17) is 9.16 Å². The van der Waals surface area contributed by atoms with Gasteiger partial charge in [0.2, 0.25) is 0 Å². The fraction of sp³-hybridized carbons (Fsp3) is 1.00. The predicted molar refractivity (Wildman–Crippen MR) is 194 cm³/mol. The lowest BCUT2D eigenvalue weighted by Crippen LogP contribution is -2.39. The van der Waals surface area contributed by atoms with E-state index < -0.39 is 8.32 Å². The number of ether oxygens (including phenoxy) is 1. The largest absolute Gasteiger partial charge is 0.414 e. The highest BCUT2D eigenvalue weighted by Crippen LogP contribution is 2.31. The van der Waals surface area contributed by atoms with Gasteiger partial charge in [0.25, 0.3) is 0 Å². The lowest BCUT2D eigenvalue weighted by atomic mass is 10.1. The second-order valence-electron chi connectivity index (χ2n) is 13.8. The van der Waals surface area contributed by atoms with Crippen molar-refractivity contribution in [2.75, 3.05) is 20.3 Å². The molecule has 0 aliphatic heterocycles. The van der Waals surface area contributed by atoms with Crippen molar-refractivity contribution in [3.8, 4) is 0 Å². The zero-order valence-electron chi connectivity index (χ0n) is 30.1. The van der Waals surface area contributed by atoms with Gasteiger partial charge in [-0.3, -0.25) is 0 Å². The monoisotopic (exact) mass is 611 g/mol. The molecule has 0 saturated heterocycles. The molecule has 42 heavy (non-hydrogen) atoms. The zero-order valence-corrected chi connectivity index (χ0v) is 31.1. The molecule has 0 N–H and O–H groups in total. The molecule has 0 amide bonds. The second kappa shape index (κ2) is 35.6. The Morgan fingerprint density at radius 3 is 0.786 bits per heavy atom. The van der Waals surface area contributed by atoms with Gasteiger partial charge in [-0.15, -0.1) is 0 Å². The van der Waals surface area contributed by atoms with Gasteiger partial charge >= 0.3 is 0 Å². The summed E-state index contributed by atoms with van der Waals surface area (Å²) < 4.78 is 12.4. The van der Waals surface area contributed by atoms with Gasteiger partial charge in [0.05, 0.1) is 13.2 Å². The van der Waals surface area contributed by atoms with E-state index in [0.717, 1.165) is 13.2 Å². The Labute approximate surface area is 268 Å². The van der Waals surface area contributed by atoms with Gasteiger partial charge in [-0.1, -0.05) is 213 Å². The summed E-state index contributed by atoms with van der Waals surface area (Å²) in [5.41, 5.74) is 0. The third kappa shape index (κ3) is 30.2. The Morgan fingerprint density at radius 2 is 0.548 bits per heavy atom. The first-order valence-electron chi connectivity index (χ1n) is 19.9. The van der Waals surface area contributed by atoms with Crippen molar-refractivity contribution in [2.45, 2.75) is 232 Å². The van der Waals surface area contributed by atoms with Crippen LogP contribution in [-0.4, -0.2) is 28.6 Å². The normalized spacial score (nSPS) is 12.0. The summed E-state index contributed by atoms with van der Waals surface area (Å²) in [7, 11) is 0.149. The topological polar surface area (TPSA) is 18.5 Å².